The Morgan fingerprint density at radius 1 is 1.11 bits per heavy atom. The molecule has 0 spiro atoms. The molecule has 8 heteroatoms. The lowest BCUT2D eigenvalue weighted by Gasteiger charge is -2.30. The van der Waals surface area contributed by atoms with E-state index in [1.165, 1.54) is 31.2 Å². The molecule has 1 saturated carbocycles. The monoisotopic (exact) mass is 498 g/mol. The van der Waals surface area contributed by atoms with Crippen molar-refractivity contribution in [1.29, 1.82) is 5.26 Å². The Labute approximate surface area is 215 Å². The summed E-state index contributed by atoms with van der Waals surface area (Å²) in [5.74, 6) is 2.18. The molecule has 2 aliphatic rings. The average molecular weight is 499 g/mol. The quantitative estimate of drug-likeness (QED) is 0.348. The van der Waals surface area contributed by atoms with Gasteiger partial charge in [-0.1, -0.05) is 55.6 Å². The Morgan fingerprint density at radius 2 is 1.94 bits per heavy atom. The SMILES string of the molecule is C[C@H]1CC[C@H](Cn2c(C3OCCc4ccccc43)nc3nc(C#N)nc(-c4cncc(Cl)c4)c32)CC1. The largest absolute Gasteiger partial charge is 0.365 e. The molecule has 182 valence electrons. The van der Waals surface area contributed by atoms with Crippen LogP contribution in [0.5, 0.6) is 0 Å². The van der Waals surface area contributed by atoms with E-state index in [0.717, 1.165) is 41.4 Å². The first-order valence-electron chi connectivity index (χ1n) is 12.6. The van der Waals surface area contributed by atoms with Crippen LogP contribution < -0.4 is 0 Å². The van der Waals surface area contributed by atoms with E-state index in [-0.39, 0.29) is 11.9 Å². The van der Waals surface area contributed by atoms with Crippen molar-refractivity contribution in [2.45, 2.75) is 51.7 Å². The van der Waals surface area contributed by atoms with Crippen molar-refractivity contribution in [2.24, 2.45) is 11.8 Å². The summed E-state index contributed by atoms with van der Waals surface area (Å²) in [5.41, 5.74) is 5.08. The zero-order valence-electron chi connectivity index (χ0n) is 20.2. The number of benzene rings is 1. The van der Waals surface area contributed by atoms with Gasteiger partial charge in [0.1, 0.15) is 29.2 Å². The maximum Gasteiger partial charge on any atom is 0.234 e. The Hall–Kier alpha value is -3.34. The van der Waals surface area contributed by atoms with Crippen LogP contribution in [0.25, 0.3) is 22.4 Å². The van der Waals surface area contributed by atoms with Gasteiger partial charge in [-0.3, -0.25) is 4.98 Å². The number of hydrogen-bond donors (Lipinski definition) is 0. The van der Waals surface area contributed by atoms with E-state index >= 15 is 0 Å². The predicted molar refractivity (Wildman–Crippen MR) is 137 cm³/mol. The van der Waals surface area contributed by atoms with E-state index in [2.05, 4.69) is 50.7 Å². The molecule has 1 atom stereocenters. The lowest BCUT2D eigenvalue weighted by atomic mass is 9.83. The number of nitriles is 1. The third-order valence-corrected chi connectivity index (χ3v) is 7.72. The lowest BCUT2D eigenvalue weighted by Crippen LogP contribution is -2.24. The van der Waals surface area contributed by atoms with E-state index in [4.69, 9.17) is 21.3 Å². The summed E-state index contributed by atoms with van der Waals surface area (Å²) in [4.78, 5) is 18.4. The zero-order valence-corrected chi connectivity index (χ0v) is 20.9. The standard InChI is InChI=1S/C28H27ClN6O/c1-17-6-8-18(9-7-17)16-35-25-24(20-12-21(29)15-31-14-20)32-23(13-30)33-27(25)34-28(35)26-22-5-3-2-4-19(22)10-11-36-26/h2-5,12,14-15,17-18,26H,6-11,16H2,1H3/t17-,18-,26?. The second-order valence-corrected chi connectivity index (χ2v) is 10.4. The minimum Gasteiger partial charge on any atom is -0.365 e. The predicted octanol–water partition coefficient (Wildman–Crippen LogP) is 5.90. The van der Waals surface area contributed by atoms with E-state index < -0.39 is 0 Å². The molecule has 1 aromatic carbocycles. The van der Waals surface area contributed by atoms with Gasteiger partial charge in [-0.05, 0) is 48.3 Å². The summed E-state index contributed by atoms with van der Waals surface area (Å²) >= 11 is 6.30. The van der Waals surface area contributed by atoms with Gasteiger partial charge in [-0.2, -0.15) is 10.2 Å². The fourth-order valence-electron chi connectivity index (χ4n) is 5.61. The van der Waals surface area contributed by atoms with Gasteiger partial charge in [-0.15, -0.1) is 0 Å². The molecule has 7 nitrogen and oxygen atoms in total. The van der Waals surface area contributed by atoms with Crippen LogP contribution in [0.15, 0.2) is 42.7 Å². The Morgan fingerprint density at radius 3 is 2.75 bits per heavy atom. The molecule has 4 heterocycles. The van der Waals surface area contributed by atoms with Crippen molar-refractivity contribution < 1.29 is 4.74 Å². The van der Waals surface area contributed by atoms with Crippen LogP contribution in [0.4, 0.5) is 0 Å². The smallest absolute Gasteiger partial charge is 0.234 e. The molecule has 0 amide bonds. The number of fused-ring (bicyclic) bond motifs is 2. The van der Waals surface area contributed by atoms with Crippen molar-refractivity contribution >= 4 is 22.8 Å². The van der Waals surface area contributed by atoms with Gasteiger partial charge in [0.2, 0.25) is 5.82 Å². The number of ether oxygens (including phenoxy) is 1. The highest BCUT2D eigenvalue weighted by molar-refractivity contribution is 6.30. The molecule has 3 aromatic heterocycles. The van der Waals surface area contributed by atoms with Gasteiger partial charge in [0.25, 0.3) is 0 Å². The molecule has 36 heavy (non-hydrogen) atoms. The molecule has 4 aromatic rings. The molecule has 0 radical (unpaired) electrons. The molecule has 0 N–H and O–H groups in total. The highest BCUT2D eigenvalue weighted by Gasteiger charge is 2.31. The van der Waals surface area contributed by atoms with Gasteiger partial charge in [0.15, 0.2) is 5.65 Å². The van der Waals surface area contributed by atoms with Crippen LogP contribution in [-0.4, -0.2) is 31.1 Å². The Kier molecular flexibility index (Phi) is 6.16. The summed E-state index contributed by atoms with van der Waals surface area (Å²) in [5, 5.41) is 10.2. The van der Waals surface area contributed by atoms with E-state index in [0.29, 0.717) is 28.9 Å². The molecule has 0 bridgehead atoms. The molecule has 1 aliphatic heterocycles. The van der Waals surface area contributed by atoms with E-state index in [9.17, 15) is 5.26 Å². The van der Waals surface area contributed by atoms with Crippen LogP contribution >= 0.6 is 11.6 Å². The number of rotatable bonds is 4. The van der Waals surface area contributed by atoms with Crippen molar-refractivity contribution in [1.82, 2.24) is 24.5 Å². The van der Waals surface area contributed by atoms with Crippen molar-refractivity contribution in [2.75, 3.05) is 6.61 Å². The van der Waals surface area contributed by atoms with Crippen molar-refractivity contribution in [3.05, 3.63) is 70.5 Å². The minimum absolute atomic E-state index is 0.0742. The summed E-state index contributed by atoms with van der Waals surface area (Å²) in [6.07, 6.45) is 8.70. The number of imidazole rings is 1. The first-order chi connectivity index (χ1) is 17.6. The maximum atomic E-state index is 9.69. The highest BCUT2D eigenvalue weighted by Crippen LogP contribution is 2.38. The third-order valence-electron chi connectivity index (χ3n) is 7.52. The molecular weight excluding hydrogens is 472 g/mol. The van der Waals surface area contributed by atoms with Gasteiger partial charge >= 0.3 is 0 Å². The summed E-state index contributed by atoms with van der Waals surface area (Å²) in [6, 6.07) is 12.3. The topological polar surface area (TPSA) is 89.5 Å². The number of hydrogen-bond acceptors (Lipinski definition) is 6. The first-order valence-corrected chi connectivity index (χ1v) is 13.0. The van der Waals surface area contributed by atoms with Gasteiger partial charge in [0.05, 0.1) is 11.6 Å². The number of pyridine rings is 1. The Bertz CT molecular complexity index is 1470. The van der Waals surface area contributed by atoms with Crippen LogP contribution in [0.3, 0.4) is 0 Å². The lowest BCUT2D eigenvalue weighted by molar-refractivity contribution is 0.0610. The van der Waals surface area contributed by atoms with Gasteiger partial charge in [0, 0.05) is 24.5 Å². The maximum absolute atomic E-state index is 9.69. The first kappa shape index (κ1) is 23.1. The summed E-state index contributed by atoms with van der Waals surface area (Å²) < 4.78 is 8.61. The van der Waals surface area contributed by atoms with Crippen LogP contribution in [0.2, 0.25) is 5.02 Å². The third kappa shape index (κ3) is 4.25. The van der Waals surface area contributed by atoms with Crippen LogP contribution in [0.1, 0.15) is 61.5 Å². The number of nitrogens with zero attached hydrogens (tertiary/aromatic N) is 6. The molecule has 6 rings (SSSR count). The van der Waals surface area contributed by atoms with Crippen LogP contribution in [0, 0.1) is 23.2 Å². The van der Waals surface area contributed by atoms with Gasteiger partial charge < -0.3 is 9.30 Å². The molecular formula is C28H27ClN6O. The van der Waals surface area contributed by atoms with Crippen molar-refractivity contribution in [3.63, 3.8) is 0 Å². The van der Waals surface area contributed by atoms with Gasteiger partial charge in [-0.25, -0.2) is 9.97 Å². The zero-order chi connectivity index (χ0) is 24.6. The molecule has 0 saturated heterocycles. The van der Waals surface area contributed by atoms with Crippen molar-refractivity contribution in [3.8, 4) is 17.3 Å². The number of aromatic nitrogens is 5. The summed E-state index contributed by atoms with van der Waals surface area (Å²) in [7, 11) is 0. The fourth-order valence-corrected chi connectivity index (χ4v) is 5.78. The molecule has 1 fully saturated rings. The minimum atomic E-state index is -0.303. The second kappa shape index (κ2) is 9.61. The molecule has 1 aliphatic carbocycles. The normalized spacial score (nSPS) is 21.8. The highest BCUT2D eigenvalue weighted by atomic mass is 35.5. The Balaban J connectivity index is 1.58. The fraction of sp³-hybridized carbons (Fsp3) is 0.393. The number of halogens is 1. The summed E-state index contributed by atoms with van der Waals surface area (Å²) in [6.45, 7) is 3.77. The van der Waals surface area contributed by atoms with E-state index in [1.54, 1.807) is 12.4 Å². The second-order valence-electron chi connectivity index (χ2n) is 9.98. The average Bonchev–Trinajstić information content (AvgIpc) is 3.26. The molecule has 1 unspecified atom stereocenters. The van der Waals surface area contributed by atoms with Crippen LogP contribution in [-0.2, 0) is 17.7 Å². The van der Waals surface area contributed by atoms with E-state index in [1.807, 2.05) is 12.1 Å².